The second-order valence-electron chi connectivity index (χ2n) is 3.11. The van der Waals surface area contributed by atoms with Crippen LogP contribution in [0.5, 0.6) is 0 Å². The molecule has 88 valence electrons. The first-order chi connectivity index (χ1) is 6.72. The maximum absolute atomic E-state index is 11.0. The number of carbonyl (C=O) groups is 1. The maximum Gasteiger partial charge on any atom is 0.469 e. The van der Waals surface area contributed by atoms with Crippen molar-refractivity contribution in [2.45, 2.75) is 26.4 Å². The number of rotatable bonds is 6. The van der Waals surface area contributed by atoms with Gasteiger partial charge in [0.15, 0.2) is 0 Å². The van der Waals surface area contributed by atoms with Crippen molar-refractivity contribution in [2.24, 2.45) is 0 Å². The van der Waals surface area contributed by atoms with Gasteiger partial charge in [0.2, 0.25) is 0 Å². The predicted molar refractivity (Wildman–Crippen MR) is 53.0 cm³/mol. The second-order valence-corrected chi connectivity index (χ2v) is 4.35. The Balaban J connectivity index is 3.76. The molecule has 0 bridgehead atoms. The third-order valence-corrected chi connectivity index (χ3v) is 1.96. The lowest BCUT2D eigenvalue weighted by Gasteiger charge is -2.13. The summed E-state index contributed by atoms with van der Waals surface area (Å²) in [5.41, 5.74) is 0.276. The van der Waals surface area contributed by atoms with Gasteiger partial charge >= 0.3 is 13.8 Å². The van der Waals surface area contributed by atoms with Gasteiger partial charge in [-0.05, 0) is 13.8 Å². The molecule has 0 aliphatic carbocycles. The van der Waals surface area contributed by atoms with Crippen molar-refractivity contribution in [2.75, 3.05) is 6.61 Å². The van der Waals surface area contributed by atoms with Crippen molar-refractivity contribution in [1.82, 2.24) is 0 Å². The van der Waals surface area contributed by atoms with E-state index in [1.807, 2.05) is 0 Å². The van der Waals surface area contributed by atoms with Gasteiger partial charge in [-0.1, -0.05) is 6.58 Å². The number of phosphoric acid groups is 1. The van der Waals surface area contributed by atoms with Gasteiger partial charge in [0.1, 0.15) is 6.10 Å². The van der Waals surface area contributed by atoms with Crippen LogP contribution < -0.4 is 0 Å². The maximum atomic E-state index is 11.0. The lowest BCUT2D eigenvalue weighted by Crippen LogP contribution is -2.16. The smallest absolute Gasteiger partial charge is 0.459 e. The number of esters is 1. The molecule has 1 unspecified atom stereocenters. The van der Waals surface area contributed by atoms with E-state index in [0.29, 0.717) is 0 Å². The lowest BCUT2D eigenvalue weighted by molar-refractivity contribution is -0.143. The van der Waals surface area contributed by atoms with Crippen LogP contribution in [0.4, 0.5) is 0 Å². The summed E-state index contributed by atoms with van der Waals surface area (Å²) >= 11 is 0. The van der Waals surface area contributed by atoms with Crippen LogP contribution in [0.3, 0.4) is 0 Å². The standard InChI is InChI=1S/C8H15O6P/c1-6(2)8(9)14-7(3)4-5-13-15(10,11)12/h7H,1,4-5H2,2-3H3,(H2,10,11,12). The molecule has 0 fully saturated rings. The van der Waals surface area contributed by atoms with Gasteiger partial charge in [0.05, 0.1) is 6.61 Å². The summed E-state index contributed by atoms with van der Waals surface area (Å²) in [6.07, 6.45) is -0.259. The fourth-order valence-electron chi connectivity index (χ4n) is 0.680. The average Bonchev–Trinajstić information content (AvgIpc) is 2.01. The molecular weight excluding hydrogens is 223 g/mol. The first-order valence-electron chi connectivity index (χ1n) is 4.29. The van der Waals surface area contributed by atoms with E-state index in [9.17, 15) is 9.36 Å². The average molecular weight is 238 g/mol. The zero-order valence-corrected chi connectivity index (χ0v) is 9.57. The van der Waals surface area contributed by atoms with Gasteiger partial charge in [-0.25, -0.2) is 9.36 Å². The highest BCUT2D eigenvalue weighted by Crippen LogP contribution is 2.35. The van der Waals surface area contributed by atoms with E-state index < -0.39 is 19.9 Å². The summed E-state index contributed by atoms with van der Waals surface area (Å²) in [5.74, 6) is -0.529. The Morgan fingerprint density at radius 3 is 2.47 bits per heavy atom. The molecule has 1 atom stereocenters. The first-order valence-corrected chi connectivity index (χ1v) is 5.82. The van der Waals surface area contributed by atoms with Gasteiger partial charge in [-0.2, -0.15) is 0 Å². The van der Waals surface area contributed by atoms with Crippen LogP contribution in [0.1, 0.15) is 20.3 Å². The summed E-state index contributed by atoms with van der Waals surface area (Å²) in [7, 11) is -4.43. The van der Waals surface area contributed by atoms with Gasteiger partial charge in [0, 0.05) is 12.0 Å². The van der Waals surface area contributed by atoms with Crippen molar-refractivity contribution < 1.29 is 28.4 Å². The van der Waals surface area contributed by atoms with Crippen LogP contribution in [0, 0.1) is 0 Å². The topological polar surface area (TPSA) is 93.1 Å². The van der Waals surface area contributed by atoms with Crippen molar-refractivity contribution >= 4 is 13.8 Å². The van der Waals surface area contributed by atoms with E-state index in [1.165, 1.54) is 6.92 Å². The Bertz CT molecular complexity index is 281. The molecule has 0 aromatic rings. The number of carbonyl (C=O) groups excluding carboxylic acids is 1. The van der Waals surface area contributed by atoms with E-state index in [2.05, 4.69) is 11.1 Å². The molecule has 6 nitrogen and oxygen atoms in total. The van der Waals surface area contributed by atoms with E-state index in [1.54, 1.807) is 6.92 Å². The highest BCUT2D eigenvalue weighted by atomic mass is 31.2. The monoisotopic (exact) mass is 238 g/mol. The molecule has 0 heterocycles. The first kappa shape index (κ1) is 14.3. The number of phosphoric ester groups is 1. The minimum absolute atomic E-state index is 0.172. The van der Waals surface area contributed by atoms with Crippen LogP contribution in [-0.2, 0) is 18.6 Å². The van der Waals surface area contributed by atoms with Gasteiger partial charge in [-0.15, -0.1) is 0 Å². The van der Waals surface area contributed by atoms with E-state index in [-0.39, 0.29) is 18.6 Å². The van der Waals surface area contributed by atoms with E-state index >= 15 is 0 Å². The molecule has 0 radical (unpaired) electrons. The van der Waals surface area contributed by atoms with Crippen LogP contribution in [0.2, 0.25) is 0 Å². The van der Waals surface area contributed by atoms with Crippen molar-refractivity contribution in [3.63, 3.8) is 0 Å². The molecule has 0 rings (SSSR count). The molecule has 0 saturated heterocycles. The normalized spacial score (nSPS) is 13.3. The molecule has 7 heteroatoms. The molecule has 0 aliphatic rings. The Labute approximate surface area is 88.1 Å². The Kier molecular flexibility index (Phi) is 5.75. The Morgan fingerprint density at radius 2 is 2.07 bits per heavy atom. The van der Waals surface area contributed by atoms with E-state index in [0.717, 1.165) is 0 Å². The molecule has 0 aromatic heterocycles. The zero-order chi connectivity index (χ0) is 12.1. The molecule has 0 aromatic carbocycles. The minimum Gasteiger partial charge on any atom is -0.459 e. The van der Waals surface area contributed by atoms with Gasteiger partial charge < -0.3 is 14.5 Å². The fourth-order valence-corrected chi connectivity index (χ4v) is 1.02. The second kappa shape index (κ2) is 6.02. The van der Waals surface area contributed by atoms with Crippen LogP contribution in [-0.4, -0.2) is 28.5 Å². The SMILES string of the molecule is C=C(C)C(=O)OC(C)CCOP(=O)(O)O. The third kappa shape index (κ3) is 8.32. The molecule has 15 heavy (non-hydrogen) atoms. The fraction of sp³-hybridized carbons (Fsp3) is 0.625. The predicted octanol–water partition coefficient (Wildman–Crippen LogP) is 0.994. The zero-order valence-electron chi connectivity index (χ0n) is 8.67. The minimum atomic E-state index is -4.43. The summed E-state index contributed by atoms with van der Waals surface area (Å²) in [6.45, 7) is 6.34. The Morgan fingerprint density at radius 1 is 1.53 bits per heavy atom. The number of ether oxygens (including phenoxy) is 1. The summed E-state index contributed by atoms with van der Waals surface area (Å²) in [6, 6.07) is 0. The highest BCUT2D eigenvalue weighted by molar-refractivity contribution is 7.46. The van der Waals surface area contributed by atoms with Crippen LogP contribution >= 0.6 is 7.82 Å². The lowest BCUT2D eigenvalue weighted by atomic mass is 10.3. The largest absolute Gasteiger partial charge is 0.469 e. The van der Waals surface area contributed by atoms with Crippen molar-refractivity contribution in [3.05, 3.63) is 12.2 Å². The highest BCUT2D eigenvalue weighted by Gasteiger charge is 2.15. The Hall–Kier alpha value is -0.680. The van der Waals surface area contributed by atoms with E-state index in [4.69, 9.17) is 14.5 Å². The van der Waals surface area contributed by atoms with Crippen LogP contribution in [0.25, 0.3) is 0 Å². The van der Waals surface area contributed by atoms with Crippen molar-refractivity contribution in [3.8, 4) is 0 Å². The van der Waals surface area contributed by atoms with Gasteiger partial charge in [-0.3, -0.25) is 4.52 Å². The summed E-state index contributed by atoms with van der Waals surface area (Å²) < 4.78 is 19.3. The van der Waals surface area contributed by atoms with Crippen molar-refractivity contribution in [1.29, 1.82) is 0 Å². The third-order valence-electron chi connectivity index (χ3n) is 1.44. The molecule has 0 spiro atoms. The summed E-state index contributed by atoms with van der Waals surface area (Å²) in [4.78, 5) is 27.7. The van der Waals surface area contributed by atoms with Crippen LogP contribution in [0.15, 0.2) is 12.2 Å². The molecular formula is C8H15O6P. The quantitative estimate of drug-likeness (QED) is 0.407. The number of hydrogen-bond acceptors (Lipinski definition) is 4. The summed E-state index contributed by atoms with van der Waals surface area (Å²) in [5, 5.41) is 0. The molecule has 0 saturated carbocycles. The number of hydrogen-bond donors (Lipinski definition) is 2. The molecule has 2 N–H and O–H groups in total. The molecule has 0 aliphatic heterocycles. The molecule has 0 amide bonds. The van der Waals surface area contributed by atoms with Gasteiger partial charge in [0.25, 0.3) is 0 Å².